The fourth-order valence-corrected chi connectivity index (χ4v) is 2.13. The van der Waals surface area contributed by atoms with E-state index in [-0.39, 0.29) is 16.8 Å². The highest BCUT2D eigenvalue weighted by molar-refractivity contribution is 6.30. The number of hydrogen-bond acceptors (Lipinski definition) is 1. The Labute approximate surface area is 112 Å². The van der Waals surface area contributed by atoms with Crippen LogP contribution >= 0.6 is 11.6 Å². The zero-order valence-corrected chi connectivity index (χ0v) is 11.6. The number of alkyl halides is 1. The molecule has 4 heteroatoms. The largest absolute Gasteiger partial charge is 0.325 e. The van der Waals surface area contributed by atoms with Gasteiger partial charge in [-0.2, -0.15) is 0 Å². The van der Waals surface area contributed by atoms with Crippen LogP contribution in [0.1, 0.15) is 43.7 Å². The molecule has 0 radical (unpaired) electrons. The summed E-state index contributed by atoms with van der Waals surface area (Å²) >= 11 is 5.87. The van der Waals surface area contributed by atoms with Crippen molar-refractivity contribution in [3.05, 3.63) is 34.1 Å². The van der Waals surface area contributed by atoms with Crippen LogP contribution in [0.5, 0.6) is 0 Å². The van der Waals surface area contributed by atoms with Gasteiger partial charge in [-0.15, -0.1) is 0 Å². The molecule has 0 aliphatic heterocycles. The SMILES string of the molecule is CC(C)c1cc(CCC[C@@H](N)CF)cc(Cl)c1F. The summed E-state index contributed by atoms with van der Waals surface area (Å²) in [6, 6.07) is 3.09. The first kappa shape index (κ1) is 15.4. The van der Waals surface area contributed by atoms with Crippen molar-refractivity contribution in [1.29, 1.82) is 0 Å². The predicted molar refractivity (Wildman–Crippen MR) is 72.4 cm³/mol. The van der Waals surface area contributed by atoms with Crippen molar-refractivity contribution in [2.75, 3.05) is 6.67 Å². The number of benzene rings is 1. The molecule has 1 rings (SSSR count). The second-order valence-corrected chi connectivity index (χ2v) is 5.35. The molecule has 0 bridgehead atoms. The first-order valence-electron chi connectivity index (χ1n) is 6.25. The molecule has 0 spiro atoms. The minimum atomic E-state index is -0.499. The van der Waals surface area contributed by atoms with E-state index in [4.69, 9.17) is 17.3 Å². The first-order valence-corrected chi connectivity index (χ1v) is 6.62. The third-order valence-corrected chi connectivity index (χ3v) is 3.25. The zero-order valence-electron chi connectivity index (χ0n) is 10.8. The van der Waals surface area contributed by atoms with Crippen molar-refractivity contribution >= 4 is 11.6 Å². The van der Waals surface area contributed by atoms with Crippen LogP contribution in [0.15, 0.2) is 12.1 Å². The van der Waals surface area contributed by atoms with Gasteiger partial charge in [-0.05, 0) is 42.4 Å². The Morgan fingerprint density at radius 3 is 2.56 bits per heavy atom. The molecule has 2 N–H and O–H groups in total. The first-order chi connectivity index (χ1) is 8.45. The van der Waals surface area contributed by atoms with Gasteiger partial charge in [0.15, 0.2) is 0 Å². The van der Waals surface area contributed by atoms with Gasteiger partial charge in [0.2, 0.25) is 0 Å². The number of nitrogens with two attached hydrogens (primary N) is 1. The molecule has 18 heavy (non-hydrogen) atoms. The predicted octanol–water partition coefficient (Wildman–Crippen LogP) is 4.22. The average molecular weight is 276 g/mol. The quantitative estimate of drug-likeness (QED) is 0.826. The maximum absolute atomic E-state index is 13.7. The molecule has 0 unspecified atom stereocenters. The van der Waals surface area contributed by atoms with Gasteiger partial charge in [0.05, 0.1) is 5.02 Å². The molecule has 0 aromatic heterocycles. The number of hydrogen-bond donors (Lipinski definition) is 1. The molecule has 1 atom stereocenters. The van der Waals surface area contributed by atoms with Gasteiger partial charge in [0.1, 0.15) is 12.5 Å². The van der Waals surface area contributed by atoms with Gasteiger partial charge in [-0.3, -0.25) is 0 Å². The van der Waals surface area contributed by atoms with E-state index in [0.29, 0.717) is 12.0 Å². The van der Waals surface area contributed by atoms with Crippen LogP contribution in [0, 0.1) is 5.82 Å². The highest BCUT2D eigenvalue weighted by Gasteiger charge is 2.12. The van der Waals surface area contributed by atoms with Crippen molar-refractivity contribution in [3.63, 3.8) is 0 Å². The Bertz CT molecular complexity index is 394. The summed E-state index contributed by atoms with van der Waals surface area (Å²) in [7, 11) is 0. The number of halogens is 3. The fourth-order valence-electron chi connectivity index (χ4n) is 1.88. The van der Waals surface area contributed by atoms with E-state index in [1.165, 1.54) is 0 Å². The number of rotatable bonds is 6. The summed E-state index contributed by atoms with van der Waals surface area (Å²) in [6.07, 6.45) is 2.15. The Hall–Kier alpha value is -0.670. The number of aryl methyl sites for hydroxylation is 1. The Morgan fingerprint density at radius 2 is 2.00 bits per heavy atom. The molecule has 1 nitrogen and oxygen atoms in total. The second kappa shape index (κ2) is 7.05. The molecule has 0 fully saturated rings. The van der Waals surface area contributed by atoms with E-state index < -0.39 is 12.7 Å². The van der Waals surface area contributed by atoms with Gasteiger partial charge in [0, 0.05) is 6.04 Å². The molecule has 0 heterocycles. The van der Waals surface area contributed by atoms with Crippen LogP contribution in [-0.4, -0.2) is 12.7 Å². The highest BCUT2D eigenvalue weighted by atomic mass is 35.5. The molecular formula is C14H20ClF2N. The summed E-state index contributed by atoms with van der Waals surface area (Å²) in [4.78, 5) is 0. The summed E-state index contributed by atoms with van der Waals surface area (Å²) in [5, 5.41) is 0.158. The molecule has 0 aliphatic rings. The molecule has 0 saturated carbocycles. The van der Waals surface area contributed by atoms with Gasteiger partial charge in [-0.1, -0.05) is 31.5 Å². The fraction of sp³-hybridized carbons (Fsp3) is 0.571. The van der Waals surface area contributed by atoms with Crippen LogP contribution in [0.3, 0.4) is 0 Å². The van der Waals surface area contributed by atoms with Crippen LogP contribution < -0.4 is 5.73 Å². The highest BCUT2D eigenvalue weighted by Crippen LogP contribution is 2.27. The molecule has 0 amide bonds. The van der Waals surface area contributed by atoms with Crippen molar-refractivity contribution in [1.82, 2.24) is 0 Å². The van der Waals surface area contributed by atoms with Gasteiger partial charge < -0.3 is 5.73 Å². The zero-order chi connectivity index (χ0) is 13.7. The minimum absolute atomic E-state index is 0.0931. The average Bonchev–Trinajstić information content (AvgIpc) is 2.32. The molecule has 102 valence electrons. The lowest BCUT2D eigenvalue weighted by atomic mass is 9.97. The maximum Gasteiger partial charge on any atom is 0.145 e. The maximum atomic E-state index is 13.7. The lowest BCUT2D eigenvalue weighted by Crippen LogP contribution is -2.21. The molecule has 1 aromatic carbocycles. The minimum Gasteiger partial charge on any atom is -0.325 e. The Kier molecular flexibility index (Phi) is 6.03. The van der Waals surface area contributed by atoms with E-state index in [9.17, 15) is 8.78 Å². The van der Waals surface area contributed by atoms with E-state index in [2.05, 4.69) is 0 Å². The van der Waals surface area contributed by atoms with E-state index in [1.54, 1.807) is 6.07 Å². The van der Waals surface area contributed by atoms with E-state index in [0.717, 1.165) is 18.4 Å². The Balaban J connectivity index is 2.72. The van der Waals surface area contributed by atoms with Gasteiger partial charge >= 0.3 is 0 Å². The summed E-state index contributed by atoms with van der Waals surface area (Å²) in [6.45, 7) is 3.36. The van der Waals surface area contributed by atoms with Crippen LogP contribution in [0.2, 0.25) is 5.02 Å². The molecule has 0 saturated heterocycles. The lowest BCUT2D eigenvalue weighted by molar-refractivity contribution is 0.407. The lowest BCUT2D eigenvalue weighted by Gasteiger charge is -2.12. The van der Waals surface area contributed by atoms with Crippen molar-refractivity contribution < 1.29 is 8.78 Å². The van der Waals surface area contributed by atoms with E-state index in [1.807, 2.05) is 19.9 Å². The van der Waals surface area contributed by atoms with E-state index >= 15 is 0 Å². The van der Waals surface area contributed by atoms with Crippen molar-refractivity contribution in [2.24, 2.45) is 5.73 Å². The third kappa shape index (κ3) is 4.21. The monoisotopic (exact) mass is 275 g/mol. The smallest absolute Gasteiger partial charge is 0.145 e. The second-order valence-electron chi connectivity index (χ2n) is 4.94. The summed E-state index contributed by atoms with van der Waals surface area (Å²) in [5.74, 6) is -0.244. The van der Waals surface area contributed by atoms with Gasteiger partial charge in [0.25, 0.3) is 0 Å². The third-order valence-electron chi connectivity index (χ3n) is 2.98. The van der Waals surface area contributed by atoms with Crippen LogP contribution in [-0.2, 0) is 6.42 Å². The van der Waals surface area contributed by atoms with Crippen molar-refractivity contribution in [2.45, 2.75) is 45.1 Å². The normalized spacial score (nSPS) is 13.1. The van der Waals surface area contributed by atoms with Crippen molar-refractivity contribution in [3.8, 4) is 0 Å². The molecular weight excluding hydrogens is 256 g/mol. The van der Waals surface area contributed by atoms with Crippen LogP contribution in [0.25, 0.3) is 0 Å². The standard InChI is InChI=1S/C14H20ClF2N/c1-9(2)12-6-10(7-13(15)14(12)17)4-3-5-11(18)8-16/h6-7,9,11H,3-5,8,18H2,1-2H3/t11-/m1/s1. The summed E-state index contributed by atoms with van der Waals surface area (Å²) in [5.41, 5.74) is 7.12. The summed E-state index contributed by atoms with van der Waals surface area (Å²) < 4.78 is 25.9. The molecule has 0 aliphatic carbocycles. The van der Waals surface area contributed by atoms with Crippen LogP contribution in [0.4, 0.5) is 8.78 Å². The topological polar surface area (TPSA) is 26.0 Å². The van der Waals surface area contributed by atoms with Gasteiger partial charge in [-0.25, -0.2) is 8.78 Å². The molecule has 1 aromatic rings. The Morgan fingerprint density at radius 1 is 1.33 bits per heavy atom.